The van der Waals surface area contributed by atoms with Crippen molar-refractivity contribution in [3.05, 3.63) is 71.7 Å². The Morgan fingerprint density at radius 3 is 2.49 bits per heavy atom. The summed E-state index contributed by atoms with van der Waals surface area (Å²) in [6, 6.07) is 3.13. The Bertz CT molecular complexity index is 1560. The smallest absolute Gasteiger partial charge is 0.204 e. The molecule has 204 valence electrons. The molecule has 0 spiro atoms. The number of piperidine rings is 1. The highest BCUT2D eigenvalue weighted by Gasteiger charge is 2.28. The lowest BCUT2D eigenvalue weighted by atomic mass is 10.1. The molecule has 0 saturated carbocycles. The summed E-state index contributed by atoms with van der Waals surface area (Å²) in [5.41, 5.74) is 12.4. The molecule has 39 heavy (non-hydrogen) atoms. The van der Waals surface area contributed by atoms with Gasteiger partial charge in [0.05, 0.1) is 11.4 Å². The third kappa shape index (κ3) is 4.62. The van der Waals surface area contributed by atoms with E-state index in [2.05, 4.69) is 25.3 Å². The van der Waals surface area contributed by atoms with Crippen molar-refractivity contribution in [1.29, 1.82) is 0 Å². The van der Waals surface area contributed by atoms with Crippen molar-refractivity contribution < 1.29 is 26.7 Å². The largest absolute Gasteiger partial charge is 0.451 e. The molecule has 4 aromatic rings. The van der Waals surface area contributed by atoms with Gasteiger partial charge in [0.2, 0.25) is 17.4 Å². The SMILES string of the molecule is CN/C(=C\N)N1CCCC(n2nc(-c3ccc(Oc4c(F)c(F)cc(F)c4F)cc3F)c3c(N)ncnc32)C1. The van der Waals surface area contributed by atoms with Gasteiger partial charge in [-0.1, -0.05) is 0 Å². The second-order valence-corrected chi connectivity index (χ2v) is 8.84. The van der Waals surface area contributed by atoms with Gasteiger partial charge in [0.25, 0.3) is 0 Å². The van der Waals surface area contributed by atoms with Crippen molar-refractivity contribution in [2.24, 2.45) is 5.73 Å². The first kappa shape index (κ1) is 26.0. The molecule has 1 saturated heterocycles. The molecule has 0 amide bonds. The number of hydrogen-bond acceptors (Lipinski definition) is 8. The Morgan fingerprint density at radius 1 is 1.08 bits per heavy atom. The minimum Gasteiger partial charge on any atom is -0.451 e. The Kier molecular flexibility index (Phi) is 6.85. The molecule has 5 rings (SSSR count). The van der Waals surface area contributed by atoms with Gasteiger partial charge in [-0.2, -0.15) is 13.9 Å². The van der Waals surface area contributed by atoms with Gasteiger partial charge in [0.1, 0.15) is 35.2 Å². The van der Waals surface area contributed by atoms with Crippen molar-refractivity contribution in [3.8, 4) is 22.8 Å². The Hall–Kier alpha value is -4.62. The number of halogens is 5. The van der Waals surface area contributed by atoms with Crippen LogP contribution < -0.4 is 21.5 Å². The Labute approximate surface area is 218 Å². The number of nitrogens with one attached hydrogen (secondary N) is 1. The van der Waals surface area contributed by atoms with E-state index in [1.54, 1.807) is 11.7 Å². The first-order valence-corrected chi connectivity index (χ1v) is 11.9. The summed E-state index contributed by atoms with van der Waals surface area (Å²) in [6.45, 7) is 1.32. The summed E-state index contributed by atoms with van der Waals surface area (Å²) in [6.07, 6.45) is 4.35. The van der Waals surface area contributed by atoms with Crippen LogP contribution in [0.4, 0.5) is 27.8 Å². The second kappa shape index (κ2) is 10.3. The monoisotopic (exact) mass is 546 g/mol. The molecule has 1 atom stereocenters. The lowest BCUT2D eigenvalue weighted by Gasteiger charge is -2.35. The zero-order valence-electron chi connectivity index (χ0n) is 20.6. The summed E-state index contributed by atoms with van der Waals surface area (Å²) >= 11 is 0. The highest BCUT2D eigenvalue weighted by Crippen LogP contribution is 2.37. The zero-order chi connectivity index (χ0) is 27.8. The third-order valence-electron chi connectivity index (χ3n) is 6.50. The molecule has 1 aliphatic rings. The summed E-state index contributed by atoms with van der Waals surface area (Å²) in [5, 5.41) is 8.02. The first-order chi connectivity index (χ1) is 18.7. The molecule has 0 aliphatic carbocycles. The van der Waals surface area contributed by atoms with Crippen LogP contribution in [0.1, 0.15) is 18.9 Å². The molecular formula is C25H23F5N8O. The Morgan fingerprint density at radius 2 is 1.82 bits per heavy atom. The minimum atomic E-state index is -1.75. The number of anilines is 1. The van der Waals surface area contributed by atoms with E-state index in [4.69, 9.17) is 16.2 Å². The van der Waals surface area contributed by atoms with Crippen molar-refractivity contribution >= 4 is 16.9 Å². The Balaban J connectivity index is 1.54. The first-order valence-electron chi connectivity index (χ1n) is 11.9. The van der Waals surface area contributed by atoms with Gasteiger partial charge < -0.3 is 26.4 Å². The molecular weight excluding hydrogens is 523 g/mol. The standard InChI is InChI=1S/C25H23F5N8O/c1-33-18(9-31)37-6-2-3-12(10-37)38-25-19(24(32)34-11-35-25)22(36-38)14-5-4-13(7-15(14)26)39-23-20(29)16(27)8-17(28)21(23)30/h4-5,7-9,11-12,33H,2-3,6,10,31H2,1H3,(H2,32,34,35)/b18-9+. The minimum absolute atomic E-state index is 0.0237. The topological polar surface area (TPSA) is 120 Å². The molecule has 5 N–H and O–H groups in total. The normalized spacial score (nSPS) is 16.1. The number of rotatable bonds is 6. The van der Waals surface area contributed by atoms with E-state index in [0.29, 0.717) is 17.6 Å². The van der Waals surface area contributed by atoms with Crippen LogP contribution in [0.25, 0.3) is 22.3 Å². The van der Waals surface area contributed by atoms with E-state index >= 15 is 4.39 Å². The number of nitrogens with two attached hydrogens (primary N) is 2. The fraction of sp³-hybridized carbons (Fsp3) is 0.240. The average Bonchev–Trinajstić information content (AvgIpc) is 3.32. The predicted octanol–water partition coefficient (Wildman–Crippen LogP) is 4.18. The maximum Gasteiger partial charge on any atom is 0.204 e. The number of ether oxygens (including phenoxy) is 1. The van der Waals surface area contributed by atoms with Crippen molar-refractivity contribution in [2.45, 2.75) is 18.9 Å². The molecule has 0 radical (unpaired) electrons. The van der Waals surface area contributed by atoms with Crippen LogP contribution in [-0.2, 0) is 0 Å². The number of aromatic nitrogens is 4. The number of benzene rings is 2. The van der Waals surface area contributed by atoms with Crippen LogP contribution in [0.5, 0.6) is 11.5 Å². The van der Waals surface area contributed by atoms with Crippen LogP contribution >= 0.6 is 0 Å². The van der Waals surface area contributed by atoms with Gasteiger partial charge in [0.15, 0.2) is 17.3 Å². The zero-order valence-corrected chi connectivity index (χ0v) is 20.6. The molecule has 2 aromatic heterocycles. The summed E-state index contributed by atoms with van der Waals surface area (Å²) in [5.74, 6) is -8.61. The average molecular weight is 547 g/mol. The fourth-order valence-corrected chi connectivity index (χ4v) is 4.67. The van der Waals surface area contributed by atoms with E-state index in [1.165, 1.54) is 24.7 Å². The van der Waals surface area contributed by atoms with E-state index in [9.17, 15) is 17.6 Å². The molecule has 0 bridgehead atoms. The van der Waals surface area contributed by atoms with Gasteiger partial charge in [-0.25, -0.2) is 27.8 Å². The van der Waals surface area contributed by atoms with E-state index in [-0.39, 0.29) is 29.2 Å². The number of hydrogen-bond donors (Lipinski definition) is 3. The lowest BCUT2D eigenvalue weighted by Crippen LogP contribution is -2.40. The highest BCUT2D eigenvalue weighted by molar-refractivity contribution is 5.98. The van der Waals surface area contributed by atoms with Crippen LogP contribution in [0.2, 0.25) is 0 Å². The third-order valence-corrected chi connectivity index (χ3v) is 6.50. The summed E-state index contributed by atoms with van der Waals surface area (Å²) < 4.78 is 77.2. The fourth-order valence-electron chi connectivity index (χ4n) is 4.67. The lowest BCUT2D eigenvalue weighted by molar-refractivity contribution is 0.203. The van der Waals surface area contributed by atoms with Crippen LogP contribution in [0, 0.1) is 29.1 Å². The molecule has 2 aromatic carbocycles. The predicted molar refractivity (Wildman–Crippen MR) is 133 cm³/mol. The van der Waals surface area contributed by atoms with Crippen LogP contribution in [-0.4, -0.2) is 44.8 Å². The molecule has 9 nitrogen and oxygen atoms in total. The molecule has 1 unspecified atom stereocenters. The van der Waals surface area contributed by atoms with Crippen LogP contribution in [0.15, 0.2) is 42.6 Å². The van der Waals surface area contributed by atoms with Gasteiger partial charge in [-0.3, -0.25) is 0 Å². The van der Waals surface area contributed by atoms with Crippen molar-refractivity contribution in [1.82, 2.24) is 30.0 Å². The van der Waals surface area contributed by atoms with Gasteiger partial charge in [0, 0.05) is 44.0 Å². The second-order valence-electron chi connectivity index (χ2n) is 8.84. The highest BCUT2D eigenvalue weighted by atomic mass is 19.2. The van der Waals surface area contributed by atoms with E-state index in [0.717, 1.165) is 31.3 Å². The molecule has 1 fully saturated rings. The van der Waals surface area contributed by atoms with Gasteiger partial charge in [-0.15, -0.1) is 0 Å². The quantitative estimate of drug-likeness (QED) is 0.244. The molecule has 3 heterocycles. The number of nitrogens with zero attached hydrogens (tertiary/aromatic N) is 5. The summed E-state index contributed by atoms with van der Waals surface area (Å²) in [7, 11) is 1.77. The summed E-state index contributed by atoms with van der Waals surface area (Å²) in [4.78, 5) is 10.4. The molecule has 14 heteroatoms. The van der Waals surface area contributed by atoms with Crippen molar-refractivity contribution in [2.75, 3.05) is 25.9 Å². The van der Waals surface area contributed by atoms with Crippen LogP contribution in [0.3, 0.4) is 0 Å². The number of likely N-dealkylation sites (tertiary alicyclic amines) is 1. The molecule has 1 aliphatic heterocycles. The number of nitrogen functional groups attached to an aromatic ring is 1. The van der Waals surface area contributed by atoms with E-state index in [1.807, 2.05) is 0 Å². The number of fused-ring (bicyclic) bond motifs is 1. The van der Waals surface area contributed by atoms with Gasteiger partial charge >= 0.3 is 0 Å². The van der Waals surface area contributed by atoms with Crippen molar-refractivity contribution in [3.63, 3.8) is 0 Å². The maximum atomic E-state index is 15.4. The maximum absolute atomic E-state index is 15.4. The van der Waals surface area contributed by atoms with Gasteiger partial charge in [-0.05, 0) is 25.0 Å². The van der Waals surface area contributed by atoms with E-state index < -0.39 is 40.6 Å².